The molecule has 92 valence electrons. The van der Waals surface area contributed by atoms with Gasteiger partial charge in [-0.05, 0) is 38.9 Å². The van der Waals surface area contributed by atoms with E-state index in [4.69, 9.17) is 0 Å². The molecule has 3 nitrogen and oxygen atoms in total. The van der Waals surface area contributed by atoms with Gasteiger partial charge >= 0.3 is 0 Å². The molecule has 0 spiro atoms. The predicted octanol–water partition coefficient (Wildman–Crippen LogP) is 2.04. The minimum Gasteiger partial charge on any atom is -0.316 e. The van der Waals surface area contributed by atoms with E-state index >= 15 is 0 Å². The Bertz CT molecular complexity index is 382. The highest BCUT2D eigenvalue weighted by Gasteiger charge is 2.39. The van der Waals surface area contributed by atoms with E-state index in [2.05, 4.69) is 12.2 Å². The molecule has 17 heavy (non-hydrogen) atoms. The molecular formula is C14H20N2O. The Morgan fingerprint density at radius 3 is 2.65 bits per heavy atom. The van der Waals surface area contributed by atoms with E-state index in [1.165, 1.54) is 0 Å². The lowest BCUT2D eigenvalue weighted by molar-refractivity contribution is -0.126. The number of carbonyl (C=O) groups is 1. The minimum atomic E-state index is -0.244. The molecule has 1 atom stereocenters. The van der Waals surface area contributed by atoms with E-state index in [-0.39, 0.29) is 11.3 Å². The summed E-state index contributed by atoms with van der Waals surface area (Å²) in [6.45, 7) is 6.53. The van der Waals surface area contributed by atoms with Gasteiger partial charge in [-0.1, -0.05) is 18.2 Å². The van der Waals surface area contributed by atoms with Crippen molar-refractivity contribution in [3.8, 4) is 0 Å². The first-order valence-corrected chi connectivity index (χ1v) is 6.25. The molecule has 1 amide bonds. The third-order valence-electron chi connectivity index (χ3n) is 3.51. The van der Waals surface area contributed by atoms with Crippen molar-refractivity contribution in [2.75, 3.05) is 24.5 Å². The van der Waals surface area contributed by atoms with Crippen LogP contribution in [0.5, 0.6) is 0 Å². The lowest BCUT2D eigenvalue weighted by Gasteiger charge is -2.30. The lowest BCUT2D eigenvalue weighted by atomic mass is 9.88. The third-order valence-corrected chi connectivity index (χ3v) is 3.51. The highest BCUT2D eigenvalue weighted by atomic mass is 16.2. The number of para-hydroxylation sites is 1. The van der Waals surface area contributed by atoms with Crippen molar-refractivity contribution in [1.29, 1.82) is 0 Å². The summed E-state index contributed by atoms with van der Waals surface area (Å²) in [6.07, 6.45) is 0.926. The molecule has 1 saturated heterocycles. The second-order valence-electron chi connectivity index (χ2n) is 4.87. The summed E-state index contributed by atoms with van der Waals surface area (Å²) in [5.74, 6) is 0.233. The van der Waals surface area contributed by atoms with Crippen LogP contribution in [0.3, 0.4) is 0 Å². The Balaban J connectivity index is 2.22. The number of hydrogen-bond acceptors (Lipinski definition) is 2. The molecule has 0 bridgehead atoms. The topological polar surface area (TPSA) is 32.3 Å². The van der Waals surface area contributed by atoms with Crippen molar-refractivity contribution < 1.29 is 4.79 Å². The van der Waals surface area contributed by atoms with Crippen molar-refractivity contribution in [2.24, 2.45) is 5.41 Å². The first-order chi connectivity index (χ1) is 8.17. The fraction of sp³-hybridized carbons (Fsp3) is 0.500. The molecule has 0 saturated carbocycles. The van der Waals surface area contributed by atoms with Crippen LogP contribution in [0.4, 0.5) is 5.69 Å². The Morgan fingerprint density at radius 1 is 1.41 bits per heavy atom. The molecule has 1 heterocycles. The third kappa shape index (κ3) is 2.34. The summed E-state index contributed by atoms with van der Waals surface area (Å²) in [7, 11) is 0. The van der Waals surface area contributed by atoms with Crippen LogP contribution in [0.1, 0.15) is 20.3 Å². The lowest BCUT2D eigenvalue weighted by Crippen LogP contribution is -2.43. The van der Waals surface area contributed by atoms with E-state index in [0.717, 1.165) is 31.7 Å². The van der Waals surface area contributed by atoms with Crippen LogP contribution >= 0.6 is 0 Å². The maximum absolute atomic E-state index is 12.6. The van der Waals surface area contributed by atoms with E-state index in [0.29, 0.717) is 0 Å². The molecular weight excluding hydrogens is 212 g/mol. The summed E-state index contributed by atoms with van der Waals surface area (Å²) in [6, 6.07) is 9.90. The van der Waals surface area contributed by atoms with Crippen molar-refractivity contribution in [2.45, 2.75) is 20.3 Å². The number of hydrogen-bond donors (Lipinski definition) is 1. The summed E-state index contributed by atoms with van der Waals surface area (Å²) in [4.78, 5) is 14.5. The minimum absolute atomic E-state index is 0.233. The number of nitrogens with one attached hydrogen (secondary N) is 1. The quantitative estimate of drug-likeness (QED) is 0.865. The molecule has 0 aromatic heterocycles. The summed E-state index contributed by atoms with van der Waals surface area (Å²) < 4.78 is 0. The number of nitrogens with zero attached hydrogens (tertiary/aromatic N) is 1. The van der Waals surface area contributed by atoms with Gasteiger partial charge in [0.1, 0.15) is 0 Å². The molecule has 1 aromatic carbocycles. The van der Waals surface area contributed by atoms with Crippen LogP contribution in [0.15, 0.2) is 30.3 Å². The second kappa shape index (κ2) is 4.88. The van der Waals surface area contributed by atoms with Crippen LogP contribution in [-0.4, -0.2) is 25.5 Å². The fourth-order valence-electron chi connectivity index (χ4n) is 2.38. The zero-order chi connectivity index (χ0) is 12.3. The van der Waals surface area contributed by atoms with Crippen LogP contribution in [0.25, 0.3) is 0 Å². The van der Waals surface area contributed by atoms with Gasteiger partial charge in [-0.15, -0.1) is 0 Å². The first-order valence-electron chi connectivity index (χ1n) is 6.25. The number of anilines is 1. The smallest absolute Gasteiger partial charge is 0.234 e. The van der Waals surface area contributed by atoms with Crippen LogP contribution < -0.4 is 10.2 Å². The van der Waals surface area contributed by atoms with E-state index in [1.54, 1.807) is 0 Å². The van der Waals surface area contributed by atoms with Gasteiger partial charge in [0, 0.05) is 18.8 Å². The molecule has 1 aliphatic rings. The monoisotopic (exact) mass is 232 g/mol. The number of carbonyl (C=O) groups excluding carboxylic acids is 1. The van der Waals surface area contributed by atoms with Gasteiger partial charge in [0.15, 0.2) is 0 Å². The maximum Gasteiger partial charge on any atom is 0.234 e. The van der Waals surface area contributed by atoms with Gasteiger partial charge in [0.2, 0.25) is 5.91 Å². The fourth-order valence-corrected chi connectivity index (χ4v) is 2.38. The Labute approximate surface area is 103 Å². The molecule has 1 unspecified atom stereocenters. The van der Waals surface area contributed by atoms with Crippen molar-refractivity contribution in [1.82, 2.24) is 5.32 Å². The van der Waals surface area contributed by atoms with Gasteiger partial charge < -0.3 is 10.2 Å². The second-order valence-corrected chi connectivity index (χ2v) is 4.87. The summed E-state index contributed by atoms with van der Waals surface area (Å²) >= 11 is 0. The molecule has 1 aliphatic heterocycles. The van der Waals surface area contributed by atoms with Crippen LogP contribution in [0.2, 0.25) is 0 Å². The van der Waals surface area contributed by atoms with Crippen LogP contribution in [0, 0.1) is 5.41 Å². The zero-order valence-electron chi connectivity index (χ0n) is 10.6. The van der Waals surface area contributed by atoms with Crippen molar-refractivity contribution in [3.63, 3.8) is 0 Å². The van der Waals surface area contributed by atoms with E-state index in [1.807, 2.05) is 42.2 Å². The Kier molecular flexibility index (Phi) is 3.48. The Morgan fingerprint density at radius 2 is 2.12 bits per heavy atom. The van der Waals surface area contributed by atoms with Crippen molar-refractivity contribution >= 4 is 11.6 Å². The molecule has 1 aromatic rings. The normalized spacial score (nSPS) is 23.6. The van der Waals surface area contributed by atoms with Gasteiger partial charge in [0.25, 0.3) is 0 Å². The summed E-state index contributed by atoms with van der Waals surface area (Å²) in [5, 5.41) is 3.28. The van der Waals surface area contributed by atoms with Gasteiger partial charge in [-0.3, -0.25) is 4.79 Å². The molecule has 1 fully saturated rings. The van der Waals surface area contributed by atoms with Crippen molar-refractivity contribution in [3.05, 3.63) is 30.3 Å². The van der Waals surface area contributed by atoms with Crippen LogP contribution in [-0.2, 0) is 4.79 Å². The van der Waals surface area contributed by atoms with E-state index in [9.17, 15) is 4.79 Å². The van der Waals surface area contributed by atoms with Gasteiger partial charge in [-0.25, -0.2) is 0 Å². The van der Waals surface area contributed by atoms with Gasteiger partial charge in [-0.2, -0.15) is 0 Å². The Hall–Kier alpha value is -1.35. The largest absolute Gasteiger partial charge is 0.316 e. The SMILES string of the molecule is CCN(C(=O)C1(C)CCNC1)c1ccccc1. The zero-order valence-corrected chi connectivity index (χ0v) is 10.6. The summed E-state index contributed by atoms with van der Waals surface area (Å²) in [5.41, 5.74) is 0.749. The highest BCUT2D eigenvalue weighted by Crippen LogP contribution is 2.29. The molecule has 0 radical (unpaired) electrons. The average molecular weight is 232 g/mol. The molecule has 0 aliphatic carbocycles. The predicted molar refractivity (Wildman–Crippen MR) is 70.1 cm³/mol. The number of benzene rings is 1. The molecule has 3 heteroatoms. The molecule has 1 N–H and O–H groups in total. The number of rotatable bonds is 3. The number of amides is 1. The maximum atomic E-state index is 12.6. The van der Waals surface area contributed by atoms with Gasteiger partial charge in [0.05, 0.1) is 5.41 Å². The average Bonchev–Trinajstić information content (AvgIpc) is 2.80. The molecule has 2 rings (SSSR count). The highest BCUT2D eigenvalue weighted by molar-refractivity contribution is 5.97. The first kappa shape index (κ1) is 12.1. The standard InChI is InChI=1S/C14H20N2O/c1-3-16(12-7-5-4-6-8-12)13(17)14(2)9-10-15-11-14/h4-8,15H,3,9-11H2,1-2H3. The van der Waals surface area contributed by atoms with E-state index < -0.39 is 0 Å².